The molecule has 0 aliphatic rings. The molecule has 2 N–H and O–H groups in total. The smallest absolute Gasteiger partial charge is 0.166 e. The first-order valence-corrected chi connectivity index (χ1v) is 6.71. The molecule has 0 spiro atoms. The van der Waals surface area contributed by atoms with Crippen molar-refractivity contribution in [2.75, 3.05) is 12.8 Å². The maximum Gasteiger partial charge on any atom is 0.166 e. The van der Waals surface area contributed by atoms with Crippen LogP contribution in [0.5, 0.6) is 11.5 Å². The van der Waals surface area contributed by atoms with Gasteiger partial charge >= 0.3 is 0 Å². The van der Waals surface area contributed by atoms with Crippen molar-refractivity contribution in [3.05, 3.63) is 46.3 Å². The van der Waals surface area contributed by atoms with E-state index >= 15 is 0 Å². The van der Waals surface area contributed by atoms with E-state index < -0.39 is 6.10 Å². The van der Waals surface area contributed by atoms with Gasteiger partial charge in [0.05, 0.1) is 7.11 Å². The molecule has 0 aliphatic heterocycles. The molecule has 0 amide bonds. The Morgan fingerprint density at radius 2 is 2.05 bits per heavy atom. The Morgan fingerprint density at radius 1 is 1.30 bits per heavy atom. The van der Waals surface area contributed by atoms with E-state index in [2.05, 4.69) is 20.9 Å². The van der Waals surface area contributed by atoms with Crippen molar-refractivity contribution in [3.8, 4) is 11.5 Å². The number of hydrogen-bond donors (Lipinski definition) is 1. The highest BCUT2D eigenvalue weighted by atomic mass is 79.9. The molecule has 106 valence electrons. The highest BCUT2D eigenvalue weighted by Crippen LogP contribution is 2.32. The van der Waals surface area contributed by atoms with Gasteiger partial charge in [0, 0.05) is 16.2 Å². The van der Waals surface area contributed by atoms with Gasteiger partial charge in [-0.15, -0.1) is 0 Å². The monoisotopic (exact) mass is 340 g/mol. The van der Waals surface area contributed by atoms with Crippen LogP contribution in [-0.2, 0) is 0 Å². The number of ether oxygens (including phenoxy) is 2. The summed E-state index contributed by atoms with van der Waals surface area (Å²) >= 11 is 3.30. The number of nitrogen functional groups attached to an aromatic ring is 1. The average Bonchev–Trinajstić information content (AvgIpc) is 2.42. The van der Waals surface area contributed by atoms with Crippen molar-refractivity contribution >= 4 is 21.7 Å². The van der Waals surface area contributed by atoms with E-state index in [-0.39, 0.29) is 11.6 Å². The van der Waals surface area contributed by atoms with E-state index in [0.717, 1.165) is 4.47 Å². The first-order chi connectivity index (χ1) is 9.51. The van der Waals surface area contributed by atoms with Crippen LogP contribution >= 0.6 is 15.9 Å². The van der Waals surface area contributed by atoms with Crippen LogP contribution in [0.4, 0.5) is 10.2 Å². The Labute approximate surface area is 124 Å². The lowest BCUT2D eigenvalue weighted by atomic mass is 10.1. The maximum absolute atomic E-state index is 13.4. The largest absolute Gasteiger partial charge is 0.496 e. The van der Waals surface area contributed by atoms with E-state index in [0.29, 0.717) is 17.1 Å². The summed E-state index contributed by atoms with van der Waals surface area (Å²) in [6.45, 7) is 1.79. The molecule has 2 rings (SSSR count). The molecule has 0 aliphatic carbocycles. The Hall–Kier alpha value is -1.82. The van der Waals surface area contributed by atoms with E-state index in [9.17, 15) is 4.39 Å². The molecule has 0 unspecified atom stereocenters. The van der Waals surface area contributed by atoms with Crippen molar-refractivity contribution in [1.82, 2.24) is 4.98 Å². The number of anilines is 1. The number of pyridine rings is 1. The van der Waals surface area contributed by atoms with Gasteiger partial charge in [-0.1, -0.05) is 0 Å². The molecule has 4 nitrogen and oxygen atoms in total. The van der Waals surface area contributed by atoms with Crippen LogP contribution in [-0.4, -0.2) is 12.1 Å². The highest BCUT2D eigenvalue weighted by Gasteiger charge is 2.16. The lowest BCUT2D eigenvalue weighted by Gasteiger charge is -2.18. The highest BCUT2D eigenvalue weighted by molar-refractivity contribution is 9.10. The van der Waals surface area contributed by atoms with Gasteiger partial charge in [0.2, 0.25) is 0 Å². The Bertz CT molecular complexity index is 622. The normalized spacial score (nSPS) is 12.0. The molecule has 0 fully saturated rings. The third kappa shape index (κ3) is 3.19. The van der Waals surface area contributed by atoms with Gasteiger partial charge in [-0.25, -0.2) is 9.37 Å². The van der Waals surface area contributed by atoms with E-state index in [1.54, 1.807) is 25.3 Å². The molecule has 0 saturated carbocycles. The van der Waals surface area contributed by atoms with Gasteiger partial charge in [0.15, 0.2) is 11.6 Å². The zero-order chi connectivity index (χ0) is 14.7. The fraction of sp³-hybridized carbons (Fsp3) is 0.214. The van der Waals surface area contributed by atoms with Crippen LogP contribution < -0.4 is 15.2 Å². The first-order valence-electron chi connectivity index (χ1n) is 5.92. The molecular weight excluding hydrogens is 327 g/mol. The number of aromatic nitrogens is 1. The lowest BCUT2D eigenvalue weighted by Crippen LogP contribution is -2.07. The van der Waals surface area contributed by atoms with Gasteiger partial charge in [-0.2, -0.15) is 0 Å². The van der Waals surface area contributed by atoms with Gasteiger partial charge in [0.25, 0.3) is 0 Å². The summed E-state index contributed by atoms with van der Waals surface area (Å²) in [6.07, 6.45) is 1.15. The molecule has 0 bridgehead atoms. The number of methoxy groups -OCH3 is 1. The summed E-state index contributed by atoms with van der Waals surface area (Å²) in [4.78, 5) is 3.99. The van der Waals surface area contributed by atoms with Crippen LogP contribution in [0.3, 0.4) is 0 Å². The Kier molecular flexibility index (Phi) is 4.44. The molecule has 0 saturated heterocycles. The predicted molar refractivity (Wildman–Crippen MR) is 78.3 cm³/mol. The van der Waals surface area contributed by atoms with Crippen molar-refractivity contribution in [2.45, 2.75) is 13.0 Å². The SMILES string of the molecule is COc1ccc(F)cc1[C@@H](C)Oc1cc(Br)cnc1N. The van der Waals surface area contributed by atoms with Crippen molar-refractivity contribution in [1.29, 1.82) is 0 Å². The second-order valence-electron chi connectivity index (χ2n) is 4.18. The van der Waals surface area contributed by atoms with Gasteiger partial charge in [0.1, 0.15) is 17.7 Å². The predicted octanol–water partition coefficient (Wildman–Crippen LogP) is 3.71. The number of hydrogen-bond acceptors (Lipinski definition) is 4. The summed E-state index contributed by atoms with van der Waals surface area (Å²) in [7, 11) is 1.53. The Morgan fingerprint density at radius 3 is 2.75 bits per heavy atom. The Balaban J connectivity index is 2.30. The molecule has 0 radical (unpaired) electrons. The first kappa shape index (κ1) is 14.6. The van der Waals surface area contributed by atoms with Crippen molar-refractivity contribution in [3.63, 3.8) is 0 Å². The van der Waals surface area contributed by atoms with Gasteiger partial charge < -0.3 is 15.2 Å². The lowest BCUT2D eigenvalue weighted by molar-refractivity contribution is 0.221. The fourth-order valence-electron chi connectivity index (χ4n) is 1.80. The third-order valence-electron chi connectivity index (χ3n) is 2.78. The van der Waals surface area contributed by atoms with Crippen LogP contribution in [0.2, 0.25) is 0 Å². The molecule has 1 aromatic carbocycles. The fourth-order valence-corrected chi connectivity index (χ4v) is 2.11. The minimum atomic E-state index is -0.431. The quantitative estimate of drug-likeness (QED) is 0.921. The molecule has 1 heterocycles. The van der Waals surface area contributed by atoms with Crippen molar-refractivity contribution < 1.29 is 13.9 Å². The summed E-state index contributed by atoms with van der Waals surface area (Å²) in [5.74, 6) is 0.908. The van der Waals surface area contributed by atoms with E-state index in [4.69, 9.17) is 15.2 Å². The summed E-state index contributed by atoms with van der Waals surface area (Å²) in [5.41, 5.74) is 6.36. The van der Waals surface area contributed by atoms with E-state index in [1.165, 1.54) is 19.2 Å². The zero-order valence-corrected chi connectivity index (χ0v) is 12.6. The van der Waals surface area contributed by atoms with E-state index in [1.807, 2.05) is 0 Å². The van der Waals surface area contributed by atoms with Gasteiger partial charge in [-0.3, -0.25) is 0 Å². The number of halogens is 2. The van der Waals surface area contributed by atoms with Gasteiger partial charge in [-0.05, 0) is 47.1 Å². The standard InChI is InChI=1S/C14H14BrFN2O2/c1-8(11-6-10(16)3-4-12(11)19-2)20-13-5-9(15)7-18-14(13)17/h3-8H,1-2H3,(H2,17,18)/t8-/m1/s1. The maximum atomic E-state index is 13.4. The molecule has 6 heteroatoms. The zero-order valence-electron chi connectivity index (χ0n) is 11.1. The third-order valence-corrected chi connectivity index (χ3v) is 3.22. The number of rotatable bonds is 4. The van der Waals surface area contributed by atoms with Crippen LogP contribution in [0.1, 0.15) is 18.6 Å². The minimum absolute atomic E-state index is 0.274. The molecule has 1 atom stereocenters. The summed E-state index contributed by atoms with van der Waals surface area (Å²) in [5, 5.41) is 0. The van der Waals surface area contributed by atoms with Crippen LogP contribution in [0.15, 0.2) is 34.9 Å². The van der Waals surface area contributed by atoms with Crippen LogP contribution in [0.25, 0.3) is 0 Å². The van der Waals surface area contributed by atoms with Crippen LogP contribution in [0, 0.1) is 5.82 Å². The van der Waals surface area contributed by atoms with Crippen molar-refractivity contribution in [2.24, 2.45) is 0 Å². The number of benzene rings is 1. The topological polar surface area (TPSA) is 57.4 Å². The number of nitrogens with two attached hydrogens (primary N) is 1. The second kappa shape index (κ2) is 6.09. The minimum Gasteiger partial charge on any atom is -0.496 e. The molecule has 1 aromatic heterocycles. The number of nitrogens with zero attached hydrogens (tertiary/aromatic N) is 1. The molecule has 2 aromatic rings. The molecular formula is C14H14BrFN2O2. The summed E-state index contributed by atoms with van der Waals surface area (Å²) in [6, 6.07) is 5.99. The molecule has 20 heavy (non-hydrogen) atoms. The second-order valence-corrected chi connectivity index (χ2v) is 5.10. The average molecular weight is 341 g/mol. The summed E-state index contributed by atoms with van der Waals surface area (Å²) < 4.78 is 25.1.